The van der Waals surface area contributed by atoms with Crippen LogP contribution in [-0.2, 0) is 4.84 Å². The molecule has 0 saturated carbocycles. The van der Waals surface area contributed by atoms with Gasteiger partial charge in [-0.1, -0.05) is 0 Å². The first kappa shape index (κ1) is 13.9. The number of hydroxylamine groups is 2. The molecule has 0 atom stereocenters. The van der Waals surface area contributed by atoms with Gasteiger partial charge in [0.1, 0.15) is 0 Å². The second-order valence-corrected chi connectivity index (χ2v) is 4.13. The summed E-state index contributed by atoms with van der Waals surface area (Å²) in [5.74, 6) is -0.594. The fourth-order valence-corrected chi connectivity index (χ4v) is 1.61. The average molecular weight is 274 g/mol. The van der Waals surface area contributed by atoms with Crippen LogP contribution in [0.4, 0.5) is 0 Å². The minimum atomic E-state index is -0.594. The molecule has 0 bridgehead atoms. The number of carbonyl (C=O) groups is 1. The van der Waals surface area contributed by atoms with Gasteiger partial charge >= 0.3 is 5.91 Å². The summed E-state index contributed by atoms with van der Waals surface area (Å²) in [4.78, 5) is 32.8. The second kappa shape index (κ2) is 5.62. The molecule has 20 heavy (non-hydrogen) atoms. The van der Waals surface area contributed by atoms with Crippen LogP contribution in [0.2, 0.25) is 0 Å². The van der Waals surface area contributed by atoms with Crippen molar-refractivity contribution in [1.29, 1.82) is 0 Å². The predicted octanol–water partition coefficient (Wildman–Crippen LogP) is 0.569. The van der Waals surface area contributed by atoms with Gasteiger partial charge in [0.15, 0.2) is 5.69 Å². The maximum absolute atomic E-state index is 12.0. The Balaban J connectivity index is 2.57. The Morgan fingerprint density at radius 1 is 1.35 bits per heavy atom. The quantitative estimate of drug-likeness (QED) is 0.765. The molecule has 0 aliphatic rings. The van der Waals surface area contributed by atoms with Crippen molar-refractivity contribution in [1.82, 2.24) is 19.8 Å². The van der Waals surface area contributed by atoms with Crippen molar-refractivity contribution in [3.05, 3.63) is 52.2 Å². The molecule has 0 aliphatic carbocycles. The van der Waals surface area contributed by atoms with Crippen LogP contribution >= 0.6 is 0 Å². The van der Waals surface area contributed by atoms with E-state index in [9.17, 15) is 9.59 Å². The van der Waals surface area contributed by atoms with Gasteiger partial charge in [0.25, 0.3) is 0 Å². The zero-order valence-corrected chi connectivity index (χ0v) is 11.4. The fraction of sp³-hybridized carbons (Fsp3) is 0.231. The fourth-order valence-electron chi connectivity index (χ4n) is 1.61. The summed E-state index contributed by atoms with van der Waals surface area (Å²) in [7, 11) is 2.76. The molecule has 0 fully saturated rings. The Kier molecular flexibility index (Phi) is 3.90. The highest BCUT2D eigenvalue weighted by Crippen LogP contribution is 2.05. The molecule has 104 valence electrons. The third-order valence-electron chi connectivity index (χ3n) is 2.79. The van der Waals surface area contributed by atoms with E-state index in [1.54, 1.807) is 37.6 Å². The van der Waals surface area contributed by atoms with Crippen LogP contribution in [0.15, 0.2) is 35.5 Å². The van der Waals surface area contributed by atoms with E-state index in [1.807, 2.05) is 0 Å². The lowest BCUT2D eigenvalue weighted by Crippen LogP contribution is -2.33. The predicted molar refractivity (Wildman–Crippen MR) is 71.5 cm³/mol. The van der Waals surface area contributed by atoms with E-state index in [-0.39, 0.29) is 5.69 Å². The van der Waals surface area contributed by atoms with E-state index < -0.39 is 11.3 Å². The molecule has 0 aliphatic heterocycles. The molecule has 2 rings (SSSR count). The van der Waals surface area contributed by atoms with Gasteiger partial charge in [0.2, 0.25) is 5.43 Å². The van der Waals surface area contributed by atoms with Crippen molar-refractivity contribution >= 4 is 5.91 Å². The largest absolute Gasteiger partial charge is 0.301 e. The molecule has 2 aromatic heterocycles. The Labute approximate surface area is 115 Å². The third kappa shape index (κ3) is 2.57. The highest BCUT2D eigenvalue weighted by molar-refractivity contribution is 5.91. The Hall–Kier alpha value is -2.54. The molecule has 0 saturated heterocycles. The molecule has 0 unspecified atom stereocenters. The van der Waals surface area contributed by atoms with Crippen molar-refractivity contribution < 1.29 is 9.63 Å². The van der Waals surface area contributed by atoms with Gasteiger partial charge in [0.05, 0.1) is 12.8 Å². The number of hydrogen-bond donors (Lipinski definition) is 0. The Morgan fingerprint density at radius 2 is 2.00 bits per heavy atom. The van der Waals surface area contributed by atoms with Crippen LogP contribution < -0.4 is 5.43 Å². The van der Waals surface area contributed by atoms with Crippen LogP contribution in [0, 0.1) is 6.92 Å². The second-order valence-electron chi connectivity index (χ2n) is 4.13. The van der Waals surface area contributed by atoms with Crippen LogP contribution in [0.3, 0.4) is 0 Å². The molecule has 2 aromatic rings. The van der Waals surface area contributed by atoms with E-state index in [1.165, 1.54) is 18.8 Å². The number of rotatable bonds is 3. The highest BCUT2D eigenvalue weighted by atomic mass is 16.7. The van der Waals surface area contributed by atoms with Crippen LogP contribution in [-0.4, -0.2) is 39.9 Å². The smallest absolute Gasteiger partial charge is 0.287 e. The first-order valence-electron chi connectivity index (χ1n) is 5.87. The number of aromatic nitrogens is 3. The van der Waals surface area contributed by atoms with Crippen molar-refractivity contribution in [2.45, 2.75) is 6.92 Å². The molecular formula is C13H14N4O3. The monoisotopic (exact) mass is 274 g/mol. The van der Waals surface area contributed by atoms with E-state index >= 15 is 0 Å². The standard InChI is InChI=1S/C13H14N4O3/c1-9-8-17(10-4-6-14-7-5-10)15-11(12(9)18)13(19)16(2)20-3/h4-8H,1-3H3. The molecule has 1 amide bonds. The highest BCUT2D eigenvalue weighted by Gasteiger charge is 2.19. The number of aryl methyl sites for hydroxylation is 1. The van der Waals surface area contributed by atoms with Crippen molar-refractivity contribution in [2.24, 2.45) is 0 Å². The number of amides is 1. The minimum absolute atomic E-state index is 0.189. The Morgan fingerprint density at radius 3 is 2.60 bits per heavy atom. The average Bonchev–Trinajstić information content (AvgIpc) is 2.49. The topological polar surface area (TPSA) is 77.3 Å². The zero-order chi connectivity index (χ0) is 14.7. The number of pyridine rings is 1. The van der Waals surface area contributed by atoms with Gasteiger partial charge in [-0.25, -0.2) is 9.75 Å². The summed E-state index contributed by atoms with van der Waals surface area (Å²) >= 11 is 0. The summed E-state index contributed by atoms with van der Waals surface area (Å²) in [6.07, 6.45) is 4.78. The zero-order valence-electron chi connectivity index (χ0n) is 11.4. The normalized spacial score (nSPS) is 10.3. The molecule has 7 heteroatoms. The van der Waals surface area contributed by atoms with Crippen molar-refractivity contribution in [3.63, 3.8) is 0 Å². The van der Waals surface area contributed by atoms with Gasteiger partial charge < -0.3 is 0 Å². The number of nitrogens with zero attached hydrogens (tertiary/aromatic N) is 4. The Bertz CT molecular complexity index is 682. The summed E-state index contributed by atoms with van der Waals surface area (Å²) in [5.41, 5.74) is 0.525. The van der Waals surface area contributed by atoms with Crippen LogP contribution in [0.1, 0.15) is 16.1 Å². The number of hydrogen-bond acceptors (Lipinski definition) is 5. The molecular weight excluding hydrogens is 260 g/mol. The molecule has 0 spiro atoms. The molecule has 7 nitrogen and oxygen atoms in total. The minimum Gasteiger partial charge on any atom is -0.287 e. The molecule has 0 radical (unpaired) electrons. The van der Waals surface area contributed by atoms with E-state index in [0.717, 1.165) is 5.06 Å². The van der Waals surface area contributed by atoms with Gasteiger partial charge in [-0.2, -0.15) is 5.10 Å². The molecule has 2 heterocycles. The lowest BCUT2D eigenvalue weighted by atomic mass is 10.2. The molecule has 0 N–H and O–H groups in total. The molecule has 0 aromatic carbocycles. The van der Waals surface area contributed by atoms with Crippen molar-refractivity contribution in [2.75, 3.05) is 14.2 Å². The maximum Gasteiger partial charge on any atom is 0.301 e. The first-order valence-corrected chi connectivity index (χ1v) is 5.87. The lowest BCUT2D eigenvalue weighted by Gasteiger charge is -2.14. The van der Waals surface area contributed by atoms with Gasteiger partial charge in [-0.15, -0.1) is 0 Å². The van der Waals surface area contributed by atoms with Crippen LogP contribution in [0.25, 0.3) is 5.69 Å². The SMILES string of the molecule is CON(C)C(=O)c1nn(-c2ccncc2)cc(C)c1=O. The van der Waals surface area contributed by atoms with E-state index in [0.29, 0.717) is 11.3 Å². The van der Waals surface area contributed by atoms with E-state index in [4.69, 9.17) is 4.84 Å². The third-order valence-corrected chi connectivity index (χ3v) is 2.79. The van der Waals surface area contributed by atoms with Gasteiger partial charge in [-0.05, 0) is 19.1 Å². The lowest BCUT2D eigenvalue weighted by molar-refractivity contribution is -0.0762. The van der Waals surface area contributed by atoms with Gasteiger partial charge in [0, 0.05) is 31.2 Å². The maximum atomic E-state index is 12.0. The first-order chi connectivity index (χ1) is 9.54. The summed E-state index contributed by atoms with van der Waals surface area (Å²) in [6.45, 7) is 1.63. The van der Waals surface area contributed by atoms with Crippen LogP contribution in [0.5, 0.6) is 0 Å². The summed E-state index contributed by atoms with van der Waals surface area (Å²) in [6, 6.07) is 3.45. The number of carbonyl (C=O) groups excluding carboxylic acids is 1. The summed E-state index contributed by atoms with van der Waals surface area (Å²) in [5, 5.41) is 5.04. The van der Waals surface area contributed by atoms with Gasteiger partial charge in [-0.3, -0.25) is 19.4 Å². The summed E-state index contributed by atoms with van der Waals surface area (Å²) < 4.78 is 1.47. The van der Waals surface area contributed by atoms with E-state index in [2.05, 4.69) is 10.1 Å². The van der Waals surface area contributed by atoms with Crippen molar-refractivity contribution in [3.8, 4) is 5.69 Å².